The maximum atomic E-state index is 3.61. The predicted molar refractivity (Wildman–Crippen MR) is 76.5 cm³/mol. The van der Waals surface area contributed by atoms with Crippen molar-refractivity contribution in [3.05, 3.63) is 35.9 Å². The lowest BCUT2D eigenvalue weighted by Gasteiger charge is -2.34. The van der Waals surface area contributed by atoms with Crippen LogP contribution in [0, 0.1) is 0 Å². The molecule has 1 unspecified atom stereocenters. The van der Waals surface area contributed by atoms with E-state index >= 15 is 0 Å². The highest BCUT2D eigenvalue weighted by Crippen LogP contribution is 2.32. The summed E-state index contributed by atoms with van der Waals surface area (Å²) in [5.74, 6) is 0. The lowest BCUT2D eigenvalue weighted by atomic mass is 9.74. The highest BCUT2D eigenvalue weighted by atomic mass is 14.9. The fourth-order valence-electron chi connectivity index (χ4n) is 2.62. The van der Waals surface area contributed by atoms with Gasteiger partial charge in [0.25, 0.3) is 0 Å². The third-order valence-corrected chi connectivity index (χ3v) is 3.68. The largest absolute Gasteiger partial charge is 0.316 e. The first-order valence-corrected chi connectivity index (χ1v) is 7.05. The van der Waals surface area contributed by atoms with Crippen LogP contribution < -0.4 is 5.32 Å². The van der Waals surface area contributed by atoms with E-state index in [4.69, 9.17) is 0 Å². The van der Waals surface area contributed by atoms with E-state index in [1.54, 1.807) is 0 Å². The molecule has 0 aliphatic heterocycles. The van der Waals surface area contributed by atoms with E-state index in [1.807, 2.05) is 0 Å². The van der Waals surface area contributed by atoms with E-state index in [-0.39, 0.29) is 0 Å². The Morgan fingerprint density at radius 1 is 1.00 bits per heavy atom. The van der Waals surface area contributed by atoms with E-state index < -0.39 is 0 Å². The number of benzene rings is 1. The molecule has 0 fully saturated rings. The first-order chi connectivity index (χ1) is 8.29. The van der Waals surface area contributed by atoms with Gasteiger partial charge in [-0.05, 0) is 31.4 Å². The SMILES string of the molecule is CCCNCC(CC)(CCC)c1ccccc1. The first kappa shape index (κ1) is 14.2. The van der Waals surface area contributed by atoms with Crippen LogP contribution in [-0.4, -0.2) is 13.1 Å². The van der Waals surface area contributed by atoms with Crippen LogP contribution in [0.4, 0.5) is 0 Å². The minimum Gasteiger partial charge on any atom is -0.316 e. The molecule has 0 aromatic heterocycles. The molecule has 1 nitrogen and oxygen atoms in total. The van der Waals surface area contributed by atoms with Gasteiger partial charge >= 0.3 is 0 Å². The fourth-order valence-corrected chi connectivity index (χ4v) is 2.62. The van der Waals surface area contributed by atoms with Gasteiger partial charge in [-0.25, -0.2) is 0 Å². The van der Waals surface area contributed by atoms with Gasteiger partial charge in [-0.15, -0.1) is 0 Å². The van der Waals surface area contributed by atoms with Crippen LogP contribution >= 0.6 is 0 Å². The molecule has 1 aromatic carbocycles. The average molecular weight is 233 g/mol. The van der Waals surface area contributed by atoms with Gasteiger partial charge < -0.3 is 5.32 Å². The molecule has 0 bridgehead atoms. The van der Waals surface area contributed by atoms with Crippen molar-refractivity contribution in [1.29, 1.82) is 0 Å². The highest BCUT2D eigenvalue weighted by Gasteiger charge is 2.28. The highest BCUT2D eigenvalue weighted by molar-refractivity contribution is 5.25. The molecule has 0 aliphatic rings. The molecular weight excluding hydrogens is 206 g/mol. The summed E-state index contributed by atoms with van der Waals surface area (Å²) in [5, 5.41) is 3.61. The summed E-state index contributed by atoms with van der Waals surface area (Å²) >= 11 is 0. The molecule has 96 valence electrons. The topological polar surface area (TPSA) is 12.0 Å². The molecule has 0 heterocycles. The second kappa shape index (κ2) is 7.50. The monoisotopic (exact) mass is 233 g/mol. The Balaban J connectivity index is 2.83. The lowest BCUT2D eigenvalue weighted by molar-refractivity contribution is 0.351. The minimum atomic E-state index is 0.325. The van der Waals surface area contributed by atoms with Crippen LogP contribution in [-0.2, 0) is 5.41 Å². The van der Waals surface area contributed by atoms with Crippen LogP contribution in [0.25, 0.3) is 0 Å². The standard InChI is InChI=1S/C16H27N/c1-4-12-16(6-3,14-17-13-5-2)15-10-8-7-9-11-15/h7-11,17H,4-6,12-14H2,1-3H3. The second-order valence-electron chi connectivity index (χ2n) is 4.93. The average Bonchev–Trinajstić information content (AvgIpc) is 2.39. The van der Waals surface area contributed by atoms with Crippen LogP contribution in [0.15, 0.2) is 30.3 Å². The first-order valence-electron chi connectivity index (χ1n) is 7.05. The minimum absolute atomic E-state index is 0.325. The Morgan fingerprint density at radius 2 is 1.71 bits per heavy atom. The maximum Gasteiger partial charge on any atom is 0.00750 e. The van der Waals surface area contributed by atoms with Gasteiger partial charge in [0, 0.05) is 12.0 Å². The maximum absolute atomic E-state index is 3.61. The summed E-state index contributed by atoms with van der Waals surface area (Å²) in [6.45, 7) is 9.06. The molecule has 0 amide bonds. The van der Waals surface area contributed by atoms with E-state index in [1.165, 1.54) is 31.2 Å². The summed E-state index contributed by atoms with van der Waals surface area (Å²) < 4.78 is 0. The zero-order valence-corrected chi connectivity index (χ0v) is 11.6. The molecule has 1 heteroatoms. The summed E-state index contributed by atoms with van der Waals surface area (Å²) in [6.07, 6.45) is 4.93. The summed E-state index contributed by atoms with van der Waals surface area (Å²) in [7, 11) is 0. The molecule has 1 aromatic rings. The predicted octanol–water partition coefficient (Wildman–Crippen LogP) is 4.13. The summed E-state index contributed by atoms with van der Waals surface area (Å²) in [6, 6.07) is 11.0. The third kappa shape index (κ3) is 3.85. The molecule has 1 atom stereocenters. The normalized spacial score (nSPS) is 14.5. The van der Waals surface area contributed by atoms with Gasteiger partial charge in [-0.2, -0.15) is 0 Å². The third-order valence-electron chi connectivity index (χ3n) is 3.68. The van der Waals surface area contributed by atoms with Crippen molar-refractivity contribution in [2.24, 2.45) is 0 Å². The molecule has 0 saturated heterocycles. The fraction of sp³-hybridized carbons (Fsp3) is 0.625. The van der Waals surface area contributed by atoms with Crippen molar-refractivity contribution in [3.63, 3.8) is 0 Å². The van der Waals surface area contributed by atoms with E-state index in [0.29, 0.717) is 5.41 Å². The van der Waals surface area contributed by atoms with Gasteiger partial charge in [0.05, 0.1) is 0 Å². The number of hydrogen-bond acceptors (Lipinski definition) is 1. The van der Waals surface area contributed by atoms with E-state index in [9.17, 15) is 0 Å². The molecule has 0 radical (unpaired) electrons. The molecule has 1 rings (SSSR count). The Morgan fingerprint density at radius 3 is 2.24 bits per heavy atom. The van der Waals surface area contributed by atoms with Crippen LogP contribution in [0.5, 0.6) is 0 Å². The van der Waals surface area contributed by atoms with Gasteiger partial charge in [0.15, 0.2) is 0 Å². The van der Waals surface area contributed by atoms with Crippen molar-refractivity contribution in [3.8, 4) is 0 Å². The Bertz CT molecular complexity index is 294. The molecule has 1 N–H and O–H groups in total. The Labute approximate surface area is 107 Å². The Kier molecular flexibility index (Phi) is 6.28. The second-order valence-corrected chi connectivity index (χ2v) is 4.93. The van der Waals surface area contributed by atoms with Crippen LogP contribution in [0.1, 0.15) is 52.0 Å². The van der Waals surface area contributed by atoms with Crippen molar-refractivity contribution < 1.29 is 0 Å². The van der Waals surface area contributed by atoms with Gasteiger partial charge in [-0.1, -0.05) is 57.5 Å². The smallest absolute Gasteiger partial charge is 0.00750 e. The molecule has 0 aliphatic carbocycles. The number of rotatable bonds is 8. The number of nitrogens with one attached hydrogen (secondary N) is 1. The van der Waals surface area contributed by atoms with Gasteiger partial charge in [0.1, 0.15) is 0 Å². The molecule has 0 saturated carbocycles. The van der Waals surface area contributed by atoms with Gasteiger partial charge in [0.2, 0.25) is 0 Å². The van der Waals surface area contributed by atoms with E-state index in [2.05, 4.69) is 56.4 Å². The lowest BCUT2D eigenvalue weighted by Crippen LogP contribution is -2.38. The molecule has 0 spiro atoms. The summed E-state index contributed by atoms with van der Waals surface area (Å²) in [5.41, 5.74) is 1.82. The van der Waals surface area contributed by atoms with Crippen LogP contribution in [0.2, 0.25) is 0 Å². The van der Waals surface area contributed by atoms with Gasteiger partial charge in [-0.3, -0.25) is 0 Å². The summed E-state index contributed by atoms with van der Waals surface area (Å²) in [4.78, 5) is 0. The van der Waals surface area contributed by atoms with E-state index in [0.717, 1.165) is 13.1 Å². The number of hydrogen-bond donors (Lipinski definition) is 1. The van der Waals surface area contributed by atoms with Crippen molar-refractivity contribution in [2.75, 3.05) is 13.1 Å². The molecular formula is C16H27N. The zero-order valence-electron chi connectivity index (χ0n) is 11.6. The van der Waals surface area contributed by atoms with Crippen molar-refractivity contribution in [1.82, 2.24) is 5.32 Å². The Hall–Kier alpha value is -0.820. The van der Waals surface area contributed by atoms with Crippen LogP contribution in [0.3, 0.4) is 0 Å². The quantitative estimate of drug-likeness (QED) is 0.666. The zero-order chi connectivity index (χ0) is 12.6. The van der Waals surface area contributed by atoms with Crippen molar-refractivity contribution in [2.45, 2.75) is 51.9 Å². The molecule has 17 heavy (non-hydrogen) atoms. The van der Waals surface area contributed by atoms with Crippen molar-refractivity contribution >= 4 is 0 Å².